The topological polar surface area (TPSA) is 56.3 Å². The zero-order valence-electron chi connectivity index (χ0n) is 12.1. The molecule has 5 nitrogen and oxygen atoms in total. The first-order valence-corrected chi connectivity index (χ1v) is 7.22. The fourth-order valence-corrected chi connectivity index (χ4v) is 2.29. The third-order valence-corrected chi connectivity index (χ3v) is 3.45. The number of anilines is 1. The Bertz CT molecular complexity index is 583. The maximum atomic E-state index is 5.99. The highest BCUT2D eigenvalue weighted by atomic mass is 16.5. The van der Waals surface area contributed by atoms with Crippen LogP contribution in [0.2, 0.25) is 0 Å². The minimum Gasteiger partial charge on any atom is -0.474 e. The lowest BCUT2D eigenvalue weighted by Crippen LogP contribution is -2.26. The second-order valence-electron chi connectivity index (χ2n) is 4.96. The van der Waals surface area contributed by atoms with E-state index in [0.717, 1.165) is 37.4 Å². The fraction of sp³-hybridized carbons (Fsp3) is 0.375. The van der Waals surface area contributed by atoms with E-state index in [1.165, 1.54) is 0 Å². The Hall–Kier alpha value is -2.14. The van der Waals surface area contributed by atoms with E-state index in [1.54, 1.807) is 0 Å². The minimum atomic E-state index is 0.168. The van der Waals surface area contributed by atoms with Gasteiger partial charge in [-0.1, -0.05) is 30.3 Å². The number of ether oxygens (including phenoxy) is 2. The minimum absolute atomic E-state index is 0.168. The van der Waals surface area contributed by atoms with Crippen LogP contribution in [0.1, 0.15) is 12.8 Å². The Balaban J connectivity index is 1.86. The molecule has 0 amide bonds. The summed E-state index contributed by atoms with van der Waals surface area (Å²) in [5.74, 6) is 2.04. The Morgan fingerprint density at radius 2 is 1.90 bits per heavy atom. The van der Waals surface area contributed by atoms with E-state index >= 15 is 0 Å². The summed E-state index contributed by atoms with van der Waals surface area (Å²) >= 11 is 0. The average molecular weight is 285 g/mol. The van der Waals surface area contributed by atoms with Gasteiger partial charge in [0, 0.05) is 31.5 Å². The number of nitrogens with one attached hydrogen (secondary N) is 1. The van der Waals surface area contributed by atoms with Gasteiger partial charge in [0.2, 0.25) is 5.88 Å². The molecule has 1 N–H and O–H groups in total. The van der Waals surface area contributed by atoms with E-state index in [4.69, 9.17) is 9.47 Å². The predicted octanol–water partition coefficient (Wildman–Crippen LogP) is 2.74. The van der Waals surface area contributed by atoms with Crippen LogP contribution in [0.3, 0.4) is 0 Å². The quantitative estimate of drug-likeness (QED) is 0.936. The summed E-state index contributed by atoms with van der Waals surface area (Å²) in [5.41, 5.74) is 0.978. The molecule has 1 aliphatic heterocycles. The SMILES string of the molecule is CNc1cc(OC2CCOCC2)nc(-c2ccccc2)n1. The van der Waals surface area contributed by atoms with E-state index < -0.39 is 0 Å². The second-order valence-corrected chi connectivity index (χ2v) is 4.96. The van der Waals surface area contributed by atoms with E-state index in [2.05, 4.69) is 15.3 Å². The summed E-state index contributed by atoms with van der Waals surface area (Å²) < 4.78 is 11.3. The third kappa shape index (κ3) is 3.49. The van der Waals surface area contributed by atoms with Gasteiger partial charge in [-0.3, -0.25) is 0 Å². The molecule has 5 heteroatoms. The summed E-state index contributed by atoms with van der Waals surface area (Å²) in [6.07, 6.45) is 1.97. The van der Waals surface area contributed by atoms with Gasteiger partial charge in [0.05, 0.1) is 13.2 Å². The lowest BCUT2D eigenvalue weighted by atomic mass is 10.1. The molecule has 1 saturated heterocycles. The van der Waals surface area contributed by atoms with Crippen molar-refractivity contribution in [3.63, 3.8) is 0 Å². The highest BCUT2D eigenvalue weighted by Crippen LogP contribution is 2.23. The molecular weight excluding hydrogens is 266 g/mol. The Morgan fingerprint density at radius 3 is 2.62 bits per heavy atom. The molecule has 0 bridgehead atoms. The van der Waals surface area contributed by atoms with Gasteiger partial charge in [-0.2, -0.15) is 4.98 Å². The maximum Gasteiger partial charge on any atom is 0.219 e. The van der Waals surface area contributed by atoms with Crippen LogP contribution in [0.25, 0.3) is 11.4 Å². The molecule has 1 fully saturated rings. The molecule has 1 aliphatic rings. The van der Waals surface area contributed by atoms with Crippen molar-refractivity contribution in [3.8, 4) is 17.3 Å². The number of benzene rings is 1. The van der Waals surface area contributed by atoms with Gasteiger partial charge >= 0.3 is 0 Å². The van der Waals surface area contributed by atoms with Crippen LogP contribution in [-0.2, 0) is 4.74 Å². The van der Waals surface area contributed by atoms with Gasteiger partial charge in [0.25, 0.3) is 0 Å². The highest BCUT2D eigenvalue weighted by molar-refractivity contribution is 5.58. The zero-order chi connectivity index (χ0) is 14.5. The molecule has 0 unspecified atom stereocenters. The van der Waals surface area contributed by atoms with Crippen LogP contribution < -0.4 is 10.1 Å². The van der Waals surface area contributed by atoms with E-state index in [0.29, 0.717) is 11.7 Å². The van der Waals surface area contributed by atoms with Gasteiger partial charge in [0.1, 0.15) is 11.9 Å². The summed E-state index contributed by atoms with van der Waals surface area (Å²) in [6, 6.07) is 11.8. The van der Waals surface area contributed by atoms with Crippen LogP contribution in [0.15, 0.2) is 36.4 Å². The third-order valence-electron chi connectivity index (χ3n) is 3.45. The Labute approximate surface area is 124 Å². The first-order chi connectivity index (χ1) is 10.3. The number of hydrogen-bond acceptors (Lipinski definition) is 5. The first kappa shape index (κ1) is 13.8. The molecule has 110 valence electrons. The molecule has 1 aromatic carbocycles. The fourth-order valence-electron chi connectivity index (χ4n) is 2.29. The Kier molecular flexibility index (Phi) is 4.31. The van der Waals surface area contributed by atoms with Crippen LogP contribution in [0.4, 0.5) is 5.82 Å². The molecule has 3 rings (SSSR count). The molecule has 2 aromatic rings. The van der Waals surface area contributed by atoms with Gasteiger partial charge in [0.15, 0.2) is 5.82 Å². The van der Waals surface area contributed by atoms with Crippen LogP contribution >= 0.6 is 0 Å². The van der Waals surface area contributed by atoms with Crippen molar-refractivity contribution in [2.45, 2.75) is 18.9 Å². The number of aromatic nitrogens is 2. The number of rotatable bonds is 4. The van der Waals surface area contributed by atoms with Crippen LogP contribution in [0, 0.1) is 0 Å². The summed E-state index contributed by atoms with van der Waals surface area (Å²) in [6.45, 7) is 1.50. The molecule has 0 aliphatic carbocycles. The molecule has 21 heavy (non-hydrogen) atoms. The van der Waals surface area contributed by atoms with E-state index in [1.807, 2.05) is 43.4 Å². The van der Waals surface area contributed by atoms with Crippen molar-refractivity contribution in [2.24, 2.45) is 0 Å². The van der Waals surface area contributed by atoms with Crippen molar-refractivity contribution in [1.29, 1.82) is 0 Å². The number of hydrogen-bond donors (Lipinski definition) is 1. The van der Waals surface area contributed by atoms with Gasteiger partial charge in [-0.05, 0) is 0 Å². The van der Waals surface area contributed by atoms with Crippen molar-refractivity contribution >= 4 is 5.82 Å². The van der Waals surface area contributed by atoms with Crippen molar-refractivity contribution in [3.05, 3.63) is 36.4 Å². The highest BCUT2D eigenvalue weighted by Gasteiger charge is 2.17. The van der Waals surface area contributed by atoms with Crippen molar-refractivity contribution in [2.75, 3.05) is 25.6 Å². The standard InChI is InChI=1S/C16H19N3O2/c1-17-14-11-15(21-13-7-9-20-10-8-13)19-16(18-14)12-5-3-2-4-6-12/h2-6,11,13H,7-10H2,1H3,(H,17,18,19). The maximum absolute atomic E-state index is 5.99. The molecule has 0 atom stereocenters. The molecule has 0 spiro atoms. The molecular formula is C16H19N3O2. The van der Waals surface area contributed by atoms with E-state index in [9.17, 15) is 0 Å². The molecule has 1 aromatic heterocycles. The lowest BCUT2D eigenvalue weighted by molar-refractivity contribution is 0.0238. The normalized spacial score (nSPS) is 15.7. The second kappa shape index (κ2) is 6.54. The molecule has 2 heterocycles. The van der Waals surface area contributed by atoms with Gasteiger partial charge < -0.3 is 14.8 Å². The van der Waals surface area contributed by atoms with E-state index in [-0.39, 0.29) is 6.10 Å². The van der Waals surface area contributed by atoms with Crippen molar-refractivity contribution < 1.29 is 9.47 Å². The van der Waals surface area contributed by atoms with Crippen LogP contribution in [0.5, 0.6) is 5.88 Å². The first-order valence-electron chi connectivity index (χ1n) is 7.22. The van der Waals surface area contributed by atoms with Crippen LogP contribution in [-0.4, -0.2) is 36.3 Å². The summed E-state index contributed by atoms with van der Waals surface area (Å²) in [7, 11) is 1.84. The molecule has 0 saturated carbocycles. The Morgan fingerprint density at radius 1 is 1.14 bits per heavy atom. The number of nitrogens with zero attached hydrogens (tertiary/aromatic N) is 2. The lowest BCUT2D eigenvalue weighted by Gasteiger charge is -2.23. The predicted molar refractivity (Wildman–Crippen MR) is 81.5 cm³/mol. The zero-order valence-corrected chi connectivity index (χ0v) is 12.1. The van der Waals surface area contributed by atoms with Crippen molar-refractivity contribution in [1.82, 2.24) is 9.97 Å². The molecule has 0 radical (unpaired) electrons. The van der Waals surface area contributed by atoms with Gasteiger partial charge in [-0.25, -0.2) is 4.98 Å². The summed E-state index contributed by atoms with van der Waals surface area (Å²) in [4.78, 5) is 9.02. The smallest absolute Gasteiger partial charge is 0.219 e. The largest absolute Gasteiger partial charge is 0.474 e. The van der Waals surface area contributed by atoms with Gasteiger partial charge in [-0.15, -0.1) is 0 Å². The monoisotopic (exact) mass is 285 g/mol. The summed E-state index contributed by atoms with van der Waals surface area (Å²) in [5, 5.41) is 3.06. The average Bonchev–Trinajstić information content (AvgIpc) is 2.56.